The Morgan fingerprint density at radius 3 is 2.17 bits per heavy atom. The SMILES string of the molecule is c1cc(-c2cccc(-c3cccc4c3sc3ccccc34)c2)cc(-c2ncnc3c2oc2ccc4ccccc4c23)c1. The highest BCUT2D eigenvalue weighted by Crippen LogP contribution is 2.41. The van der Waals surface area contributed by atoms with Crippen LogP contribution in [0.25, 0.3) is 86.5 Å². The quantitative estimate of drug-likeness (QED) is 0.218. The molecule has 0 atom stereocenters. The molecule has 3 nitrogen and oxygen atoms in total. The van der Waals surface area contributed by atoms with E-state index in [1.165, 1.54) is 36.7 Å². The summed E-state index contributed by atoms with van der Waals surface area (Å²) in [5, 5.41) is 5.97. The van der Waals surface area contributed by atoms with Crippen molar-refractivity contribution in [3.8, 4) is 33.5 Å². The van der Waals surface area contributed by atoms with Gasteiger partial charge in [0.15, 0.2) is 5.58 Å². The smallest absolute Gasteiger partial charge is 0.180 e. The van der Waals surface area contributed by atoms with Crippen LogP contribution >= 0.6 is 11.3 Å². The summed E-state index contributed by atoms with van der Waals surface area (Å²) in [6, 6.07) is 45.2. The van der Waals surface area contributed by atoms with Gasteiger partial charge in [0.2, 0.25) is 0 Å². The highest BCUT2D eigenvalue weighted by Gasteiger charge is 2.17. The predicted octanol–water partition coefficient (Wildman–Crippen LogP) is 10.9. The van der Waals surface area contributed by atoms with E-state index in [9.17, 15) is 0 Å². The largest absolute Gasteiger partial charge is 0.452 e. The molecule has 42 heavy (non-hydrogen) atoms. The Morgan fingerprint density at radius 1 is 0.548 bits per heavy atom. The van der Waals surface area contributed by atoms with Crippen LogP contribution in [0.1, 0.15) is 0 Å². The number of nitrogens with zero attached hydrogens (tertiary/aromatic N) is 2. The van der Waals surface area contributed by atoms with E-state index in [0.717, 1.165) is 44.3 Å². The number of hydrogen-bond donors (Lipinski definition) is 0. The second kappa shape index (κ2) is 9.10. The Hall–Kier alpha value is -5.32. The summed E-state index contributed by atoms with van der Waals surface area (Å²) in [5.74, 6) is 0. The van der Waals surface area contributed by atoms with Gasteiger partial charge in [0, 0.05) is 25.7 Å². The second-order valence-electron chi connectivity index (χ2n) is 10.6. The number of thiophene rings is 1. The van der Waals surface area contributed by atoms with Crippen molar-refractivity contribution in [3.05, 3.63) is 134 Å². The van der Waals surface area contributed by atoms with Crippen molar-refractivity contribution in [3.63, 3.8) is 0 Å². The van der Waals surface area contributed by atoms with Crippen LogP contribution in [0.4, 0.5) is 0 Å². The number of furan rings is 1. The van der Waals surface area contributed by atoms with E-state index in [1.807, 2.05) is 17.4 Å². The van der Waals surface area contributed by atoms with Crippen LogP contribution in [-0.2, 0) is 0 Å². The molecule has 0 saturated carbocycles. The molecule has 0 aliphatic carbocycles. The summed E-state index contributed by atoms with van der Waals surface area (Å²) in [7, 11) is 0. The van der Waals surface area contributed by atoms with Gasteiger partial charge in [0.25, 0.3) is 0 Å². The van der Waals surface area contributed by atoms with Gasteiger partial charge in [-0.15, -0.1) is 11.3 Å². The van der Waals surface area contributed by atoms with E-state index in [0.29, 0.717) is 5.58 Å². The molecule has 4 heteroatoms. The van der Waals surface area contributed by atoms with Gasteiger partial charge in [-0.25, -0.2) is 9.97 Å². The molecule has 0 spiro atoms. The first-order valence-corrected chi connectivity index (χ1v) is 14.8. The third kappa shape index (κ3) is 3.52. The lowest BCUT2D eigenvalue weighted by Gasteiger charge is -2.09. The maximum atomic E-state index is 6.41. The first kappa shape index (κ1) is 23.4. The zero-order valence-corrected chi connectivity index (χ0v) is 23.2. The molecule has 3 heterocycles. The average Bonchev–Trinajstić information content (AvgIpc) is 3.64. The molecule has 0 N–H and O–H groups in total. The lowest BCUT2D eigenvalue weighted by molar-refractivity contribution is 0.667. The molecule has 3 aromatic heterocycles. The molecule has 0 aliphatic rings. The van der Waals surface area contributed by atoms with E-state index in [-0.39, 0.29) is 0 Å². The summed E-state index contributed by atoms with van der Waals surface area (Å²) in [6.45, 7) is 0. The van der Waals surface area contributed by atoms with E-state index in [2.05, 4.69) is 126 Å². The fourth-order valence-corrected chi connectivity index (χ4v) is 7.47. The molecule has 0 unspecified atom stereocenters. The molecular weight excluding hydrogens is 532 g/mol. The molecule has 0 aliphatic heterocycles. The molecule has 0 amide bonds. The minimum absolute atomic E-state index is 0.714. The Balaban J connectivity index is 1.18. The fraction of sp³-hybridized carbons (Fsp3) is 0. The van der Waals surface area contributed by atoms with Gasteiger partial charge in [-0.05, 0) is 57.3 Å². The summed E-state index contributed by atoms with van der Waals surface area (Å²) >= 11 is 1.86. The van der Waals surface area contributed by atoms with E-state index < -0.39 is 0 Å². The van der Waals surface area contributed by atoms with Crippen molar-refractivity contribution in [1.29, 1.82) is 0 Å². The van der Waals surface area contributed by atoms with Crippen LogP contribution in [-0.4, -0.2) is 9.97 Å². The van der Waals surface area contributed by atoms with E-state index in [1.54, 1.807) is 6.33 Å². The molecule has 0 saturated heterocycles. The second-order valence-corrected chi connectivity index (χ2v) is 11.7. The van der Waals surface area contributed by atoms with Crippen LogP contribution < -0.4 is 0 Å². The Morgan fingerprint density at radius 2 is 1.26 bits per heavy atom. The molecule has 9 rings (SSSR count). The van der Waals surface area contributed by atoms with Crippen LogP contribution in [0.2, 0.25) is 0 Å². The van der Waals surface area contributed by atoms with Crippen molar-refractivity contribution in [2.24, 2.45) is 0 Å². The first-order valence-electron chi connectivity index (χ1n) is 14.0. The van der Waals surface area contributed by atoms with Crippen LogP contribution in [0.15, 0.2) is 138 Å². The molecule has 6 aromatic carbocycles. The summed E-state index contributed by atoms with van der Waals surface area (Å²) < 4.78 is 9.05. The zero-order chi connectivity index (χ0) is 27.6. The molecule has 196 valence electrons. The first-order chi connectivity index (χ1) is 20.8. The molecule has 0 radical (unpaired) electrons. The summed E-state index contributed by atoms with van der Waals surface area (Å²) in [5.41, 5.74) is 8.95. The maximum Gasteiger partial charge on any atom is 0.180 e. The van der Waals surface area contributed by atoms with Crippen molar-refractivity contribution in [1.82, 2.24) is 9.97 Å². The van der Waals surface area contributed by atoms with Gasteiger partial charge in [0.1, 0.15) is 23.1 Å². The topological polar surface area (TPSA) is 38.9 Å². The number of hydrogen-bond acceptors (Lipinski definition) is 4. The number of aromatic nitrogens is 2. The van der Waals surface area contributed by atoms with Crippen LogP contribution in [0.5, 0.6) is 0 Å². The van der Waals surface area contributed by atoms with Gasteiger partial charge in [-0.2, -0.15) is 0 Å². The Bertz CT molecular complexity index is 2490. The number of fused-ring (bicyclic) bond motifs is 8. The van der Waals surface area contributed by atoms with Gasteiger partial charge in [-0.1, -0.05) is 103 Å². The van der Waals surface area contributed by atoms with Crippen LogP contribution in [0, 0.1) is 0 Å². The molecule has 0 bridgehead atoms. The van der Waals surface area contributed by atoms with Crippen molar-refractivity contribution >= 4 is 64.4 Å². The minimum Gasteiger partial charge on any atom is -0.452 e. The highest BCUT2D eigenvalue weighted by molar-refractivity contribution is 7.26. The van der Waals surface area contributed by atoms with Crippen molar-refractivity contribution in [2.75, 3.05) is 0 Å². The summed E-state index contributed by atoms with van der Waals surface area (Å²) in [6.07, 6.45) is 1.65. The third-order valence-corrected chi connectivity index (χ3v) is 9.41. The summed E-state index contributed by atoms with van der Waals surface area (Å²) in [4.78, 5) is 9.37. The lowest BCUT2D eigenvalue weighted by atomic mass is 9.96. The number of rotatable bonds is 3. The Labute approximate surface area is 245 Å². The average molecular weight is 555 g/mol. The van der Waals surface area contributed by atoms with Crippen molar-refractivity contribution in [2.45, 2.75) is 0 Å². The lowest BCUT2D eigenvalue weighted by Crippen LogP contribution is -1.88. The fourth-order valence-electron chi connectivity index (χ4n) is 6.23. The molecule has 9 aromatic rings. The van der Waals surface area contributed by atoms with Gasteiger partial charge < -0.3 is 4.42 Å². The van der Waals surface area contributed by atoms with Gasteiger partial charge >= 0.3 is 0 Å². The predicted molar refractivity (Wildman–Crippen MR) is 176 cm³/mol. The zero-order valence-electron chi connectivity index (χ0n) is 22.4. The third-order valence-electron chi connectivity index (χ3n) is 8.19. The van der Waals surface area contributed by atoms with Gasteiger partial charge in [0.05, 0.1) is 5.39 Å². The van der Waals surface area contributed by atoms with Crippen molar-refractivity contribution < 1.29 is 4.42 Å². The molecule has 0 fully saturated rings. The van der Waals surface area contributed by atoms with E-state index in [4.69, 9.17) is 9.40 Å². The van der Waals surface area contributed by atoms with Crippen LogP contribution in [0.3, 0.4) is 0 Å². The number of benzene rings is 6. The normalized spacial score (nSPS) is 11.8. The minimum atomic E-state index is 0.714. The standard InChI is InChI=1S/C38H22N2OS/c1-2-13-28-23(8-1)18-19-32-34(28)36-37(41-32)35(39-22-40-36)27-12-6-10-25(21-27)24-9-5-11-26(20-24)29-15-7-16-31-30-14-3-4-17-33(30)42-38(29)31/h1-22H. The van der Waals surface area contributed by atoms with E-state index >= 15 is 0 Å². The Kier molecular flexibility index (Phi) is 5.07. The monoisotopic (exact) mass is 554 g/mol. The highest BCUT2D eigenvalue weighted by atomic mass is 32.1. The maximum absolute atomic E-state index is 6.41. The van der Waals surface area contributed by atoms with Gasteiger partial charge in [-0.3, -0.25) is 0 Å². The molecular formula is C38H22N2OS.